The lowest BCUT2D eigenvalue weighted by molar-refractivity contribution is -0.141. The molecule has 1 N–H and O–H groups in total. The maximum Gasteiger partial charge on any atom is 0.243 e. The van der Waals surface area contributed by atoms with Crippen molar-refractivity contribution >= 4 is 27.5 Å². The van der Waals surface area contributed by atoms with E-state index in [4.69, 9.17) is 0 Å². The summed E-state index contributed by atoms with van der Waals surface area (Å²) >= 11 is 0. The van der Waals surface area contributed by atoms with Crippen molar-refractivity contribution in [3.05, 3.63) is 101 Å². The van der Waals surface area contributed by atoms with E-state index in [0.29, 0.717) is 25.1 Å². The zero-order chi connectivity index (χ0) is 30.7. The Kier molecular flexibility index (Phi) is 12.2. The predicted octanol–water partition coefficient (Wildman–Crippen LogP) is 5.71. The van der Waals surface area contributed by atoms with Crippen molar-refractivity contribution in [1.82, 2.24) is 10.2 Å². The molecule has 0 spiro atoms. The lowest BCUT2D eigenvalue weighted by atomic mass is 10.0. The molecule has 0 aromatic heterocycles. The predicted molar refractivity (Wildman–Crippen MR) is 171 cm³/mol. The number of nitrogens with zero attached hydrogens (tertiary/aromatic N) is 2. The van der Waals surface area contributed by atoms with Crippen molar-refractivity contribution in [2.24, 2.45) is 0 Å². The molecule has 0 aliphatic heterocycles. The molecule has 226 valence electrons. The van der Waals surface area contributed by atoms with Crippen LogP contribution in [-0.2, 0) is 32.6 Å². The van der Waals surface area contributed by atoms with Crippen LogP contribution >= 0.6 is 0 Å². The lowest BCUT2D eigenvalue weighted by Crippen LogP contribution is -2.50. The second-order valence-electron chi connectivity index (χ2n) is 11.0. The molecular formula is C34H45N3O4S. The SMILES string of the molecule is CCCCNC(=O)[C@@H](Cc1ccccc1)N(Cc1cccc(C)c1)C(=O)CCCN(c1cccc(C)c1C)S(C)(=O)=O. The smallest absolute Gasteiger partial charge is 0.243 e. The van der Waals surface area contributed by atoms with Gasteiger partial charge in [-0.25, -0.2) is 8.42 Å². The van der Waals surface area contributed by atoms with Crippen molar-refractivity contribution < 1.29 is 18.0 Å². The Morgan fingerprint density at radius 1 is 0.881 bits per heavy atom. The normalized spacial score (nSPS) is 12.0. The molecule has 2 amide bonds. The third-order valence-electron chi connectivity index (χ3n) is 7.53. The fourth-order valence-electron chi connectivity index (χ4n) is 5.06. The monoisotopic (exact) mass is 591 g/mol. The van der Waals surface area contributed by atoms with Gasteiger partial charge in [-0.2, -0.15) is 0 Å². The quantitative estimate of drug-likeness (QED) is 0.229. The van der Waals surface area contributed by atoms with Gasteiger partial charge in [0.05, 0.1) is 11.9 Å². The maximum absolute atomic E-state index is 14.0. The minimum atomic E-state index is -3.57. The van der Waals surface area contributed by atoms with E-state index in [1.807, 2.05) is 87.5 Å². The number of nitrogens with one attached hydrogen (secondary N) is 1. The molecule has 0 aliphatic rings. The molecule has 1 atom stereocenters. The Morgan fingerprint density at radius 2 is 1.57 bits per heavy atom. The van der Waals surface area contributed by atoms with Gasteiger partial charge in [0.25, 0.3) is 0 Å². The van der Waals surface area contributed by atoms with Gasteiger partial charge in [-0.3, -0.25) is 13.9 Å². The Hall–Kier alpha value is -3.65. The minimum Gasteiger partial charge on any atom is -0.354 e. The molecule has 0 heterocycles. The summed E-state index contributed by atoms with van der Waals surface area (Å²) in [6.45, 7) is 8.92. The molecule has 3 aromatic carbocycles. The zero-order valence-corrected chi connectivity index (χ0v) is 26.4. The maximum atomic E-state index is 14.0. The number of amides is 2. The number of sulfonamides is 1. The highest BCUT2D eigenvalue weighted by molar-refractivity contribution is 7.92. The van der Waals surface area contributed by atoms with Gasteiger partial charge in [0.1, 0.15) is 6.04 Å². The molecule has 0 bridgehead atoms. The van der Waals surface area contributed by atoms with Gasteiger partial charge in [-0.1, -0.05) is 85.6 Å². The van der Waals surface area contributed by atoms with Crippen LogP contribution in [0.15, 0.2) is 72.8 Å². The van der Waals surface area contributed by atoms with Crippen LogP contribution in [0.2, 0.25) is 0 Å². The van der Waals surface area contributed by atoms with E-state index in [1.54, 1.807) is 11.0 Å². The highest BCUT2D eigenvalue weighted by atomic mass is 32.2. The first-order valence-corrected chi connectivity index (χ1v) is 16.6. The molecular weight excluding hydrogens is 546 g/mol. The van der Waals surface area contributed by atoms with E-state index in [2.05, 4.69) is 12.2 Å². The van der Waals surface area contributed by atoms with Gasteiger partial charge >= 0.3 is 0 Å². The van der Waals surface area contributed by atoms with E-state index in [1.165, 1.54) is 10.6 Å². The summed E-state index contributed by atoms with van der Waals surface area (Å²) in [5.74, 6) is -0.362. The summed E-state index contributed by atoms with van der Waals surface area (Å²) in [6.07, 6.45) is 3.81. The average molecular weight is 592 g/mol. The van der Waals surface area contributed by atoms with E-state index < -0.39 is 16.1 Å². The molecule has 0 saturated carbocycles. The molecule has 7 nitrogen and oxygen atoms in total. The standard InChI is InChI=1S/C34H45N3O4S/c1-6-7-21-35-34(39)32(24-29-16-9-8-10-17-29)36(25-30-18-11-14-26(2)23-30)33(38)20-13-22-37(42(5,40)41)31-19-12-15-27(3)28(31)4/h8-12,14-19,23,32H,6-7,13,20-22,24-25H2,1-5H3,(H,35,39)/t32-/m1/s1. The van der Waals surface area contributed by atoms with Crippen LogP contribution in [0.25, 0.3) is 0 Å². The molecule has 3 aromatic rings. The van der Waals surface area contributed by atoms with E-state index in [9.17, 15) is 18.0 Å². The third-order valence-corrected chi connectivity index (χ3v) is 8.71. The molecule has 3 rings (SSSR count). The van der Waals surface area contributed by atoms with Gasteiger partial charge in [0, 0.05) is 32.5 Å². The minimum absolute atomic E-state index is 0.107. The van der Waals surface area contributed by atoms with Crippen molar-refractivity contribution in [2.45, 2.75) is 72.4 Å². The summed E-state index contributed by atoms with van der Waals surface area (Å²) in [5.41, 5.74) is 5.49. The number of aryl methyl sites for hydroxylation is 2. The number of carbonyl (C=O) groups excluding carboxylic acids is 2. The van der Waals surface area contributed by atoms with Crippen LogP contribution in [0.5, 0.6) is 0 Å². The highest BCUT2D eigenvalue weighted by Gasteiger charge is 2.30. The van der Waals surface area contributed by atoms with E-state index in [0.717, 1.165) is 40.7 Å². The van der Waals surface area contributed by atoms with Gasteiger partial charge in [-0.15, -0.1) is 0 Å². The molecule has 0 saturated heterocycles. The Morgan fingerprint density at radius 3 is 2.24 bits per heavy atom. The number of hydrogen-bond acceptors (Lipinski definition) is 4. The van der Waals surface area contributed by atoms with E-state index in [-0.39, 0.29) is 31.3 Å². The topological polar surface area (TPSA) is 86.8 Å². The number of rotatable bonds is 15. The van der Waals surface area contributed by atoms with Gasteiger partial charge < -0.3 is 10.2 Å². The first kappa shape index (κ1) is 32.9. The second kappa shape index (κ2) is 15.5. The van der Waals surface area contributed by atoms with Crippen LogP contribution in [0.1, 0.15) is 60.4 Å². The van der Waals surface area contributed by atoms with Crippen molar-refractivity contribution in [3.8, 4) is 0 Å². The van der Waals surface area contributed by atoms with Crippen molar-refractivity contribution in [1.29, 1.82) is 0 Å². The fraction of sp³-hybridized carbons (Fsp3) is 0.412. The molecule has 42 heavy (non-hydrogen) atoms. The van der Waals surface area contributed by atoms with Gasteiger partial charge in [-0.05, 0) is 61.9 Å². The molecule has 0 aliphatic carbocycles. The van der Waals surface area contributed by atoms with Crippen molar-refractivity contribution in [2.75, 3.05) is 23.7 Å². The van der Waals surface area contributed by atoms with Crippen molar-refractivity contribution in [3.63, 3.8) is 0 Å². The van der Waals surface area contributed by atoms with E-state index >= 15 is 0 Å². The molecule has 0 fully saturated rings. The number of benzene rings is 3. The Bertz CT molecular complexity index is 1440. The molecule has 0 radical (unpaired) electrons. The lowest BCUT2D eigenvalue weighted by Gasteiger charge is -2.32. The zero-order valence-electron chi connectivity index (χ0n) is 25.6. The van der Waals surface area contributed by atoms with Crippen LogP contribution in [0.3, 0.4) is 0 Å². The summed E-state index contributed by atoms with van der Waals surface area (Å²) in [7, 11) is -3.57. The molecule has 0 unspecified atom stereocenters. The van der Waals surface area contributed by atoms with Crippen LogP contribution in [0.4, 0.5) is 5.69 Å². The first-order chi connectivity index (χ1) is 20.0. The second-order valence-corrected chi connectivity index (χ2v) is 12.9. The number of hydrogen-bond donors (Lipinski definition) is 1. The highest BCUT2D eigenvalue weighted by Crippen LogP contribution is 2.26. The summed E-state index contributed by atoms with van der Waals surface area (Å²) in [6, 6.07) is 22.6. The first-order valence-electron chi connectivity index (χ1n) is 14.7. The van der Waals surface area contributed by atoms with Gasteiger partial charge in [0.15, 0.2) is 0 Å². The van der Waals surface area contributed by atoms with Crippen LogP contribution in [-0.4, -0.2) is 50.5 Å². The van der Waals surface area contributed by atoms with Gasteiger partial charge in [0.2, 0.25) is 21.8 Å². The number of carbonyl (C=O) groups is 2. The average Bonchev–Trinajstić information content (AvgIpc) is 2.94. The summed E-state index contributed by atoms with van der Waals surface area (Å²) < 4.78 is 26.9. The van der Waals surface area contributed by atoms with Crippen LogP contribution < -0.4 is 9.62 Å². The Balaban J connectivity index is 1.89. The summed E-state index contributed by atoms with van der Waals surface area (Å²) in [5, 5.41) is 3.04. The largest absolute Gasteiger partial charge is 0.354 e. The Labute approximate surface area is 252 Å². The van der Waals surface area contributed by atoms with Crippen LogP contribution in [0, 0.1) is 20.8 Å². The summed E-state index contributed by atoms with van der Waals surface area (Å²) in [4.78, 5) is 29.2. The number of anilines is 1. The number of unbranched alkanes of at least 4 members (excludes halogenated alkanes) is 1. The fourth-order valence-corrected chi connectivity index (χ4v) is 6.07. The third kappa shape index (κ3) is 9.44. The molecule has 8 heteroatoms.